The van der Waals surface area contributed by atoms with Gasteiger partial charge in [0.05, 0.1) is 17.4 Å². The van der Waals surface area contributed by atoms with E-state index in [1.165, 1.54) is 22.4 Å². The van der Waals surface area contributed by atoms with Gasteiger partial charge < -0.3 is 0 Å². The summed E-state index contributed by atoms with van der Waals surface area (Å²) in [5.74, 6) is 0.402. The van der Waals surface area contributed by atoms with Crippen LogP contribution < -0.4 is 5.01 Å². The second kappa shape index (κ2) is 5.85. The lowest BCUT2D eigenvalue weighted by atomic mass is 9.77. The number of hydrazone groups is 1. The summed E-state index contributed by atoms with van der Waals surface area (Å²) in [6.45, 7) is 0. The standard InChI is InChI=1S/C22H19N3/c1-2-9-18(10-3-1)25-22(17-8-6-14-23-15-17)20-13-12-16-7-4-5-11-19(16)21(20)24-25/h1-11,14-15,20,22H,12-13H2/t20-,22+/m0/s1. The van der Waals surface area contributed by atoms with Crippen LogP contribution in [0.15, 0.2) is 84.2 Å². The molecular formula is C22H19N3. The molecule has 25 heavy (non-hydrogen) atoms. The Bertz CT molecular complexity index is 918. The molecule has 2 aromatic carbocycles. The maximum absolute atomic E-state index is 5.10. The van der Waals surface area contributed by atoms with E-state index in [0.29, 0.717) is 5.92 Å². The summed E-state index contributed by atoms with van der Waals surface area (Å²) in [6, 6.07) is 23.6. The summed E-state index contributed by atoms with van der Waals surface area (Å²) in [5.41, 5.74) is 6.31. The predicted molar refractivity (Wildman–Crippen MR) is 101 cm³/mol. The minimum absolute atomic E-state index is 0.208. The number of para-hydroxylation sites is 1. The second-order valence-corrected chi connectivity index (χ2v) is 6.70. The number of pyridine rings is 1. The fourth-order valence-corrected chi connectivity index (χ4v) is 4.14. The van der Waals surface area contributed by atoms with Crippen molar-refractivity contribution in [3.05, 3.63) is 95.8 Å². The maximum atomic E-state index is 5.10. The quantitative estimate of drug-likeness (QED) is 0.688. The highest BCUT2D eigenvalue weighted by Crippen LogP contribution is 2.44. The number of benzene rings is 2. The van der Waals surface area contributed by atoms with Crippen LogP contribution >= 0.6 is 0 Å². The number of rotatable bonds is 2. The zero-order valence-electron chi connectivity index (χ0n) is 13.9. The Kier molecular flexibility index (Phi) is 3.37. The van der Waals surface area contributed by atoms with Crippen molar-refractivity contribution < 1.29 is 0 Å². The molecular weight excluding hydrogens is 306 g/mol. The highest BCUT2D eigenvalue weighted by atomic mass is 15.5. The molecule has 3 aromatic rings. The van der Waals surface area contributed by atoms with Gasteiger partial charge in [0, 0.05) is 23.9 Å². The average Bonchev–Trinajstić information content (AvgIpc) is 3.09. The highest BCUT2D eigenvalue weighted by Gasteiger charge is 2.41. The van der Waals surface area contributed by atoms with Gasteiger partial charge in [-0.2, -0.15) is 5.10 Å². The Morgan fingerprint density at radius 1 is 0.880 bits per heavy atom. The average molecular weight is 325 g/mol. The third-order valence-electron chi connectivity index (χ3n) is 5.28. The SMILES string of the molecule is c1ccc(N2N=C3c4ccccc4CC[C@@H]3[C@H]2c2cccnc2)cc1. The molecule has 1 aliphatic heterocycles. The van der Waals surface area contributed by atoms with Crippen molar-refractivity contribution in [1.82, 2.24) is 4.98 Å². The molecule has 0 saturated carbocycles. The number of aromatic nitrogens is 1. The Hall–Kier alpha value is -2.94. The van der Waals surface area contributed by atoms with Gasteiger partial charge in [-0.15, -0.1) is 0 Å². The molecule has 0 spiro atoms. The van der Waals surface area contributed by atoms with Crippen molar-refractivity contribution in [3.63, 3.8) is 0 Å². The van der Waals surface area contributed by atoms with Crippen LogP contribution in [-0.2, 0) is 6.42 Å². The van der Waals surface area contributed by atoms with E-state index in [1.807, 2.05) is 24.5 Å². The van der Waals surface area contributed by atoms with E-state index in [0.717, 1.165) is 18.5 Å². The zero-order chi connectivity index (χ0) is 16.6. The molecule has 0 unspecified atom stereocenters. The van der Waals surface area contributed by atoms with Crippen molar-refractivity contribution in [2.24, 2.45) is 11.0 Å². The fourth-order valence-electron chi connectivity index (χ4n) is 4.14. The molecule has 0 fully saturated rings. The third-order valence-corrected chi connectivity index (χ3v) is 5.28. The number of nitrogens with zero attached hydrogens (tertiary/aromatic N) is 3. The van der Waals surface area contributed by atoms with Gasteiger partial charge in [0.15, 0.2) is 0 Å². The first kappa shape index (κ1) is 14.4. The molecule has 2 aliphatic rings. The van der Waals surface area contributed by atoms with E-state index in [-0.39, 0.29) is 6.04 Å². The number of anilines is 1. The Morgan fingerprint density at radius 3 is 2.56 bits per heavy atom. The Balaban J connectivity index is 1.66. The van der Waals surface area contributed by atoms with Crippen LogP contribution in [0.1, 0.15) is 29.2 Å². The van der Waals surface area contributed by atoms with Gasteiger partial charge in [-0.25, -0.2) is 0 Å². The van der Waals surface area contributed by atoms with Crippen molar-refractivity contribution in [2.45, 2.75) is 18.9 Å². The second-order valence-electron chi connectivity index (χ2n) is 6.70. The van der Waals surface area contributed by atoms with Crippen LogP contribution in [0, 0.1) is 5.92 Å². The number of hydrogen-bond donors (Lipinski definition) is 0. The van der Waals surface area contributed by atoms with Crippen LogP contribution in [-0.4, -0.2) is 10.7 Å². The topological polar surface area (TPSA) is 28.5 Å². The van der Waals surface area contributed by atoms with Crippen LogP contribution in [0.4, 0.5) is 5.69 Å². The summed E-state index contributed by atoms with van der Waals surface area (Å²) < 4.78 is 0. The van der Waals surface area contributed by atoms with Crippen LogP contribution in [0.2, 0.25) is 0 Å². The molecule has 2 heterocycles. The molecule has 5 rings (SSSR count). The molecule has 0 saturated heterocycles. The van der Waals surface area contributed by atoms with E-state index in [4.69, 9.17) is 5.10 Å². The van der Waals surface area contributed by atoms with Gasteiger partial charge in [0.1, 0.15) is 0 Å². The number of aryl methyl sites for hydroxylation is 1. The molecule has 0 N–H and O–H groups in total. The lowest BCUT2D eigenvalue weighted by Crippen LogP contribution is -2.28. The summed E-state index contributed by atoms with van der Waals surface area (Å²) in [7, 11) is 0. The first-order valence-electron chi connectivity index (χ1n) is 8.83. The summed E-state index contributed by atoms with van der Waals surface area (Å²) in [6.07, 6.45) is 6.06. The predicted octanol–water partition coefficient (Wildman–Crippen LogP) is 4.61. The lowest BCUT2D eigenvalue weighted by molar-refractivity contribution is 0.509. The van der Waals surface area contributed by atoms with Crippen molar-refractivity contribution in [1.29, 1.82) is 0 Å². The Labute approximate surface area is 147 Å². The van der Waals surface area contributed by atoms with Gasteiger partial charge in [-0.05, 0) is 42.2 Å². The maximum Gasteiger partial charge on any atom is 0.0874 e. The molecule has 0 amide bonds. The fraction of sp³-hybridized carbons (Fsp3) is 0.182. The largest absolute Gasteiger partial charge is 0.264 e. The van der Waals surface area contributed by atoms with E-state index in [2.05, 4.69) is 64.6 Å². The molecule has 1 aromatic heterocycles. The van der Waals surface area contributed by atoms with Gasteiger partial charge in [0.2, 0.25) is 0 Å². The molecule has 3 heteroatoms. The smallest absolute Gasteiger partial charge is 0.0874 e. The van der Waals surface area contributed by atoms with Crippen LogP contribution in [0.25, 0.3) is 0 Å². The van der Waals surface area contributed by atoms with Crippen LogP contribution in [0.3, 0.4) is 0 Å². The molecule has 0 radical (unpaired) electrons. The van der Waals surface area contributed by atoms with Gasteiger partial charge >= 0.3 is 0 Å². The first-order valence-corrected chi connectivity index (χ1v) is 8.83. The monoisotopic (exact) mass is 325 g/mol. The van der Waals surface area contributed by atoms with Crippen molar-refractivity contribution in [2.75, 3.05) is 5.01 Å². The molecule has 1 aliphatic carbocycles. The van der Waals surface area contributed by atoms with Crippen molar-refractivity contribution in [3.8, 4) is 0 Å². The summed E-state index contributed by atoms with van der Waals surface area (Å²) in [5, 5.41) is 7.30. The van der Waals surface area contributed by atoms with Gasteiger partial charge in [-0.3, -0.25) is 9.99 Å². The van der Waals surface area contributed by atoms with Crippen molar-refractivity contribution >= 4 is 11.4 Å². The number of fused-ring (bicyclic) bond motifs is 3. The molecule has 122 valence electrons. The van der Waals surface area contributed by atoms with E-state index < -0.39 is 0 Å². The Morgan fingerprint density at radius 2 is 1.72 bits per heavy atom. The minimum atomic E-state index is 0.208. The first-order chi connectivity index (χ1) is 12.4. The molecule has 0 bridgehead atoms. The van der Waals surface area contributed by atoms with E-state index in [9.17, 15) is 0 Å². The van der Waals surface area contributed by atoms with Gasteiger partial charge in [0.25, 0.3) is 0 Å². The summed E-state index contributed by atoms with van der Waals surface area (Å²) in [4.78, 5) is 4.36. The zero-order valence-corrected chi connectivity index (χ0v) is 13.9. The van der Waals surface area contributed by atoms with E-state index in [1.54, 1.807) is 0 Å². The normalized spacial score (nSPS) is 21.4. The van der Waals surface area contributed by atoms with Gasteiger partial charge in [-0.1, -0.05) is 48.5 Å². The van der Waals surface area contributed by atoms with E-state index >= 15 is 0 Å². The lowest BCUT2D eigenvalue weighted by Gasteiger charge is -2.30. The van der Waals surface area contributed by atoms with Crippen LogP contribution in [0.5, 0.6) is 0 Å². The minimum Gasteiger partial charge on any atom is -0.264 e. The highest BCUT2D eigenvalue weighted by molar-refractivity contribution is 6.07. The summed E-state index contributed by atoms with van der Waals surface area (Å²) >= 11 is 0. The number of hydrogen-bond acceptors (Lipinski definition) is 3. The third kappa shape index (κ3) is 2.35. The molecule has 2 atom stereocenters. The molecule has 3 nitrogen and oxygen atoms in total.